The summed E-state index contributed by atoms with van der Waals surface area (Å²) in [4.78, 5) is 0. The molecule has 0 spiro atoms. The highest BCUT2D eigenvalue weighted by Gasteiger charge is 2.17. The lowest BCUT2D eigenvalue weighted by molar-refractivity contribution is 0.166. The molecule has 4 N–H and O–H groups in total. The van der Waals surface area contributed by atoms with E-state index in [1.165, 1.54) is 12.1 Å². The van der Waals surface area contributed by atoms with Gasteiger partial charge in [-0.25, -0.2) is 8.78 Å². The van der Waals surface area contributed by atoms with Crippen molar-refractivity contribution in [3.8, 4) is 0 Å². The van der Waals surface area contributed by atoms with Crippen LogP contribution in [-0.4, -0.2) is 17.7 Å². The average Bonchev–Trinajstić information content (AvgIpc) is 2.23. The van der Waals surface area contributed by atoms with Crippen molar-refractivity contribution in [3.05, 3.63) is 29.3 Å². The minimum atomic E-state index is -1.11. The van der Waals surface area contributed by atoms with Crippen LogP contribution in [0.25, 0.3) is 0 Å². The number of hydrogen-bond acceptors (Lipinski definition) is 3. The molecule has 0 aromatic heterocycles. The Balaban J connectivity index is 2.84. The molecule has 0 radical (unpaired) electrons. The maximum absolute atomic E-state index is 13.4. The molecule has 1 aromatic rings. The highest BCUT2D eigenvalue weighted by Crippen LogP contribution is 2.22. The van der Waals surface area contributed by atoms with E-state index in [1.807, 2.05) is 13.8 Å². The fraction of sp³-hybridized carbons (Fsp3) is 0.455. The summed E-state index contributed by atoms with van der Waals surface area (Å²) in [5.41, 5.74) is 4.86. The zero-order valence-electron chi connectivity index (χ0n) is 9.30. The van der Waals surface area contributed by atoms with Crippen molar-refractivity contribution >= 4 is 5.69 Å². The molecule has 16 heavy (non-hydrogen) atoms. The van der Waals surface area contributed by atoms with Crippen LogP contribution >= 0.6 is 0 Å². The lowest BCUT2D eigenvalue weighted by Gasteiger charge is -2.15. The Bertz CT molecular complexity index is 369. The molecule has 0 saturated heterocycles. The first-order chi connectivity index (χ1) is 7.43. The zero-order chi connectivity index (χ0) is 12.3. The van der Waals surface area contributed by atoms with Crippen LogP contribution in [0.3, 0.4) is 0 Å². The maximum atomic E-state index is 13.4. The third-order valence-electron chi connectivity index (χ3n) is 2.22. The minimum Gasteiger partial charge on any atom is -0.396 e. The van der Waals surface area contributed by atoms with Crippen LogP contribution in [0.2, 0.25) is 0 Å². The van der Waals surface area contributed by atoms with E-state index in [0.29, 0.717) is 0 Å². The molecule has 1 rings (SSSR count). The number of benzene rings is 1. The molecular weight excluding hydrogens is 214 g/mol. The number of rotatable bonds is 4. The smallest absolute Gasteiger partial charge is 0.182 e. The van der Waals surface area contributed by atoms with E-state index in [9.17, 15) is 13.9 Å². The first kappa shape index (κ1) is 12.9. The van der Waals surface area contributed by atoms with Gasteiger partial charge in [0, 0.05) is 18.2 Å². The maximum Gasteiger partial charge on any atom is 0.182 e. The van der Waals surface area contributed by atoms with Crippen LogP contribution in [0, 0.1) is 11.6 Å². The quantitative estimate of drug-likeness (QED) is 0.688. The Labute approximate surface area is 93.3 Å². The number of hydrogen-bond donors (Lipinski definition) is 3. The molecule has 1 atom stereocenters. The molecule has 1 aromatic carbocycles. The molecule has 0 saturated carbocycles. The second kappa shape index (κ2) is 5.23. The second-order valence-electron chi connectivity index (χ2n) is 3.95. The van der Waals surface area contributed by atoms with Crippen molar-refractivity contribution in [1.82, 2.24) is 5.32 Å². The van der Waals surface area contributed by atoms with Crippen LogP contribution in [0.15, 0.2) is 12.1 Å². The number of nitrogen functional groups attached to an aromatic ring is 1. The molecule has 0 aliphatic heterocycles. The van der Waals surface area contributed by atoms with Gasteiger partial charge in [0.1, 0.15) is 0 Å². The molecule has 0 bridgehead atoms. The molecular formula is C11H16F2N2O. The Morgan fingerprint density at radius 2 is 1.94 bits per heavy atom. The summed E-state index contributed by atoms with van der Waals surface area (Å²) >= 11 is 0. The fourth-order valence-corrected chi connectivity index (χ4v) is 1.29. The molecule has 0 heterocycles. The predicted octanol–water partition coefficient (Wildman–Crippen LogP) is 1.58. The van der Waals surface area contributed by atoms with Gasteiger partial charge in [0.05, 0.1) is 11.8 Å². The summed E-state index contributed by atoms with van der Waals surface area (Å²) in [5, 5.41) is 12.6. The van der Waals surface area contributed by atoms with Crippen molar-refractivity contribution in [2.75, 3.05) is 12.3 Å². The molecule has 0 fully saturated rings. The van der Waals surface area contributed by atoms with Gasteiger partial charge >= 0.3 is 0 Å². The van der Waals surface area contributed by atoms with Gasteiger partial charge in [0.25, 0.3) is 0 Å². The Hall–Kier alpha value is -1.20. The van der Waals surface area contributed by atoms with Crippen molar-refractivity contribution < 1.29 is 13.9 Å². The summed E-state index contributed by atoms with van der Waals surface area (Å²) in [7, 11) is 0. The predicted molar refractivity (Wildman–Crippen MR) is 58.9 cm³/mol. The second-order valence-corrected chi connectivity index (χ2v) is 3.95. The van der Waals surface area contributed by atoms with Gasteiger partial charge in [-0.15, -0.1) is 0 Å². The van der Waals surface area contributed by atoms with E-state index < -0.39 is 17.7 Å². The number of aliphatic hydroxyl groups is 1. The van der Waals surface area contributed by atoms with Gasteiger partial charge in [0.15, 0.2) is 11.6 Å². The number of anilines is 1. The fourth-order valence-electron chi connectivity index (χ4n) is 1.29. The number of nitrogens with one attached hydrogen (secondary N) is 1. The number of halogens is 2. The standard InChI is InChI=1S/C11H16F2N2O/c1-6(2)15-5-9(16)7-3-4-8(14)11(13)10(7)12/h3-4,6,9,15-16H,5,14H2,1-2H3. The zero-order valence-corrected chi connectivity index (χ0v) is 9.30. The van der Waals surface area contributed by atoms with Gasteiger partial charge in [0.2, 0.25) is 0 Å². The number of aliphatic hydroxyl groups excluding tert-OH is 1. The minimum absolute atomic E-state index is 0.0835. The van der Waals surface area contributed by atoms with Crippen LogP contribution in [0.4, 0.5) is 14.5 Å². The summed E-state index contributed by atoms with van der Waals surface area (Å²) in [6, 6.07) is 2.70. The molecule has 0 aliphatic carbocycles. The van der Waals surface area contributed by atoms with E-state index >= 15 is 0 Å². The molecule has 1 unspecified atom stereocenters. The van der Waals surface area contributed by atoms with Crippen molar-refractivity contribution in [2.45, 2.75) is 26.0 Å². The van der Waals surface area contributed by atoms with Crippen LogP contribution in [0.5, 0.6) is 0 Å². The Morgan fingerprint density at radius 1 is 1.31 bits per heavy atom. The van der Waals surface area contributed by atoms with E-state index in [2.05, 4.69) is 5.32 Å². The summed E-state index contributed by atoms with van der Waals surface area (Å²) in [5.74, 6) is -2.20. The molecule has 0 amide bonds. The lowest BCUT2D eigenvalue weighted by Crippen LogP contribution is -2.28. The summed E-state index contributed by atoms with van der Waals surface area (Å²) < 4.78 is 26.5. The Morgan fingerprint density at radius 3 is 2.50 bits per heavy atom. The van der Waals surface area contributed by atoms with Crippen molar-refractivity contribution in [2.24, 2.45) is 0 Å². The Kier molecular flexibility index (Phi) is 4.20. The number of nitrogens with two attached hydrogens (primary N) is 1. The third kappa shape index (κ3) is 2.90. The van der Waals surface area contributed by atoms with Gasteiger partial charge in [-0.3, -0.25) is 0 Å². The van der Waals surface area contributed by atoms with Crippen molar-refractivity contribution in [1.29, 1.82) is 0 Å². The molecule has 90 valence electrons. The van der Waals surface area contributed by atoms with Gasteiger partial charge in [-0.1, -0.05) is 19.9 Å². The summed E-state index contributed by atoms with van der Waals surface area (Å²) in [6.45, 7) is 3.96. The van der Waals surface area contributed by atoms with Crippen LogP contribution < -0.4 is 11.1 Å². The van der Waals surface area contributed by atoms with E-state index in [4.69, 9.17) is 5.73 Å². The van der Waals surface area contributed by atoms with Crippen molar-refractivity contribution in [3.63, 3.8) is 0 Å². The lowest BCUT2D eigenvalue weighted by atomic mass is 10.1. The highest BCUT2D eigenvalue weighted by atomic mass is 19.2. The topological polar surface area (TPSA) is 58.3 Å². The largest absolute Gasteiger partial charge is 0.396 e. The molecule has 0 aliphatic rings. The van der Waals surface area contributed by atoms with Gasteiger partial charge in [-0.05, 0) is 6.07 Å². The molecule has 3 nitrogen and oxygen atoms in total. The normalized spacial score (nSPS) is 13.1. The van der Waals surface area contributed by atoms with Crippen LogP contribution in [0.1, 0.15) is 25.5 Å². The first-order valence-corrected chi connectivity index (χ1v) is 5.08. The highest BCUT2D eigenvalue weighted by molar-refractivity contribution is 5.43. The summed E-state index contributed by atoms with van der Waals surface area (Å²) in [6.07, 6.45) is -1.09. The van der Waals surface area contributed by atoms with E-state index in [1.54, 1.807) is 0 Å². The van der Waals surface area contributed by atoms with Gasteiger partial charge in [-0.2, -0.15) is 0 Å². The van der Waals surface area contributed by atoms with E-state index in [-0.39, 0.29) is 23.8 Å². The van der Waals surface area contributed by atoms with Gasteiger partial charge < -0.3 is 16.2 Å². The molecule has 5 heteroatoms. The van der Waals surface area contributed by atoms with E-state index in [0.717, 1.165) is 0 Å². The third-order valence-corrected chi connectivity index (χ3v) is 2.22. The monoisotopic (exact) mass is 230 g/mol. The van der Waals surface area contributed by atoms with Crippen LogP contribution in [-0.2, 0) is 0 Å². The SMILES string of the molecule is CC(C)NCC(O)c1ccc(N)c(F)c1F. The first-order valence-electron chi connectivity index (χ1n) is 5.08. The average molecular weight is 230 g/mol.